The number of carbonyl (C=O) groups is 2. The lowest BCUT2D eigenvalue weighted by atomic mass is 9.80. The molecule has 2 saturated heterocycles. The first-order valence-electron chi connectivity index (χ1n) is 21.9. The summed E-state index contributed by atoms with van der Waals surface area (Å²) in [4.78, 5) is 51.1. The first kappa shape index (κ1) is 54.6. The van der Waals surface area contributed by atoms with Gasteiger partial charge in [-0.15, -0.1) is 0 Å². The van der Waals surface area contributed by atoms with Crippen LogP contribution in [-0.2, 0) is 19.1 Å². The average Bonchev–Trinajstić information content (AvgIpc) is 4.04. The number of aromatic amines is 2. The topological polar surface area (TPSA) is 231 Å². The van der Waals surface area contributed by atoms with Crippen LogP contribution in [0, 0.1) is 0 Å². The number of amides is 2. The van der Waals surface area contributed by atoms with Crippen LogP contribution in [0.25, 0.3) is 33.3 Å². The third-order valence-electron chi connectivity index (χ3n) is 10.8. The summed E-state index contributed by atoms with van der Waals surface area (Å²) in [5, 5.41) is 31.4. The molecule has 2 amide bonds. The van der Waals surface area contributed by atoms with Gasteiger partial charge in [0.2, 0.25) is 23.7 Å². The highest BCUT2D eigenvalue weighted by Gasteiger charge is 2.15. The van der Waals surface area contributed by atoms with Gasteiger partial charge in [0.25, 0.3) is 0 Å². The zero-order valence-corrected chi connectivity index (χ0v) is 39.5. The van der Waals surface area contributed by atoms with Crippen molar-refractivity contribution in [3.05, 3.63) is 126 Å². The van der Waals surface area contributed by atoms with E-state index >= 15 is 0 Å². The summed E-state index contributed by atoms with van der Waals surface area (Å²) in [6.07, 6.45) is 3.71. The number of carbonyl (C=O) groups excluding carboxylic acids is 2. The van der Waals surface area contributed by atoms with Crippen molar-refractivity contribution in [2.45, 2.75) is 28.7 Å². The standard InChI is InChI=1S/C24H24N6O2.C16H16BrN5O.C8H10BNO3.2CH4.B/c1-16(31)26-18-4-2-17(3-5-18)22-21-10-11-25-23(21)29-24(28-22)27-19-6-8-20(9-7-19)30-12-14-32-15-13-30;17-14-13-5-6-18-15(13)21-16(20-14)19-11-1-3-12(4-2-11)22-7-9-23-10-8-22;1-6(11)10-8-4-2-7(3-5-8)9(12)13;;;/h2-11H,12-15H2,1H3,(H,26,31)(H2,25,27,28,29);1-6H,7-10H2,(H2,18,19,20,21);2-5,12-13H,1H3,(H,10,11);2*1H4;. The Morgan fingerprint density at radius 3 is 1.44 bits per heavy atom. The van der Waals surface area contributed by atoms with Crippen molar-refractivity contribution in [1.82, 2.24) is 29.9 Å². The Bertz CT molecular complexity index is 2930. The van der Waals surface area contributed by atoms with Crippen LogP contribution < -0.4 is 36.5 Å². The van der Waals surface area contributed by atoms with Crippen molar-refractivity contribution in [3.8, 4) is 11.3 Å². The summed E-state index contributed by atoms with van der Waals surface area (Å²) in [6, 6.07) is 34.4. The maximum absolute atomic E-state index is 11.3. The van der Waals surface area contributed by atoms with E-state index < -0.39 is 7.12 Å². The predicted molar refractivity (Wildman–Crippen MR) is 291 cm³/mol. The highest BCUT2D eigenvalue weighted by Crippen LogP contribution is 2.30. The van der Waals surface area contributed by atoms with Crippen molar-refractivity contribution in [2.24, 2.45) is 0 Å². The molecular weight excluding hydrogens is 966 g/mol. The van der Waals surface area contributed by atoms with Gasteiger partial charge >= 0.3 is 7.12 Å². The number of H-pyrrole nitrogens is 2. The molecule has 4 aromatic heterocycles. The van der Waals surface area contributed by atoms with E-state index in [1.165, 1.54) is 37.4 Å². The number of morpholine rings is 2. The van der Waals surface area contributed by atoms with E-state index in [1.54, 1.807) is 12.1 Å². The predicted octanol–water partition coefficient (Wildman–Crippen LogP) is 7.68. The lowest BCUT2D eigenvalue weighted by Gasteiger charge is -2.28. The van der Waals surface area contributed by atoms with Crippen LogP contribution in [0.15, 0.2) is 126 Å². The van der Waals surface area contributed by atoms with Crippen molar-refractivity contribution in [3.63, 3.8) is 0 Å². The monoisotopic (exact) mass is 1020 g/mol. The normalized spacial score (nSPS) is 12.9. The van der Waals surface area contributed by atoms with E-state index in [2.05, 4.69) is 96.2 Å². The van der Waals surface area contributed by atoms with Crippen molar-refractivity contribution < 1.29 is 29.1 Å². The molecule has 2 fully saturated rings. The van der Waals surface area contributed by atoms with Crippen LogP contribution >= 0.6 is 15.9 Å². The minimum absolute atomic E-state index is 0. The molecule has 71 heavy (non-hydrogen) atoms. The number of rotatable bonds is 10. The number of ether oxygens (including phenoxy) is 2. The lowest BCUT2D eigenvalue weighted by molar-refractivity contribution is -0.115. The van der Waals surface area contributed by atoms with Gasteiger partial charge in [-0.05, 0) is 106 Å². The number of anilines is 8. The van der Waals surface area contributed by atoms with Gasteiger partial charge in [-0.3, -0.25) is 9.59 Å². The largest absolute Gasteiger partial charge is 0.488 e. The van der Waals surface area contributed by atoms with Crippen molar-refractivity contribution in [1.29, 1.82) is 0 Å². The third kappa shape index (κ3) is 14.9. The first-order chi connectivity index (χ1) is 33.0. The molecule has 8 aromatic rings. The third-order valence-corrected chi connectivity index (χ3v) is 11.4. The molecule has 0 bridgehead atoms. The molecule has 4 aromatic carbocycles. The second kappa shape index (κ2) is 26.1. The molecule has 2 aliphatic rings. The summed E-state index contributed by atoms with van der Waals surface area (Å²) in [5.41, 5.74) is 9.37. The second-order valence-corrected chi connectivity index (χ2v) is 16.4. The maximum Gasteiger partial charge on any atom is 0.488 e. The van der Waals surface area contributed by atoms with Crippen LogP contribution in [0.1, 0.15) is 28.7 Å². The molecule has 2 aliphatic heterocycles. The molecule has 18 nitrogen and oxygen atoms in total. The van der Waals surface area contributed by atoms with Crippen LogP contribution in [0.3, 0.4) is 0 Å². The Balaban J connectivity index is 0.000000211. The minimum Gasteiger partial charge on any atom is -0.423 e. The Morgan fingerprint density at radius 1 is 0.577 bits per heavy atom. The molecule has 21 heteroatoms. The van der Waals surface area contributed by atoms with E-state index in [9.17, 15) is 9.59 Å². The zero-order chi connectivity index (χ0) is 47.4. The Morgan fingerprint density at radius 2 is 0.986 bits per heavy atom. The van der Waals surface area contributed by atoms with E-state index in [0.29, 0.717) is 23.0 Å². The molecular formula is C50H58B2BrN12O6. The highest BCUT2D eigenvalue weighted by molar-refractivity contribution is 9.10. The molecule has 0 saturated carbocycles. The smallest absolute Gasteiger partial charge is 0.423 e. The molecule has 0 unspecified atom stereocenters. The van der Waals surface area contributed by atoms with Crippen LogP contribution in [-0.4, -0.2) is 120 Å². The van der Waals surface area contributed by atoms with Gasteiger partial charge in [0.05, 0.1) is 37.5 Å². The number of nitrogens with one attached hydrogen (secondary N) is 6. The Hall–Kier alpha value is -7.29. The van der Waals surface area contributed by atoms with E-state index in [-0.39, 0.29) is 35.1 Å². The van der Waals surface area contributed by atoms with Crippen LogP contribution in [0.2, 0.25) is 0 Å². The Labute approximate surface area is 423 Å². The molecule has 3 radical (unpaired) electrons. The minimum atomic E-state index is -1.47. The number of fused-ring (bicyclic) bond motifs is 2. The van der Waals surface area contributed by atoms with Crippen molar-refractivity contribution in [2.75, 3.05) is 83.7 Å². The highest BCUT2D eigenvalue weighted by atomic mass is 79.9. The zero-order valence-electron chi connectivity index (χ0n) is 37.9. The quantitative estimate of drug-likeness (QED) is 0.0486. The average molecular weight is 1020 g/mol. The number of nitrogens with zero attached hydrogens (tertiary/aromatic N) is 6. The van der Waals surface area contributed by atoms with E-state index in [4.69, 9.17) is 24.5 Å². The van der Waals surface area contributed by atoms with Crippen LogP contribution in [0.4, 0.5) is 46.0 Å². The number of hydrogen-bond donors (Lipinski definition) is 8. The van der Waals surface area contributed by atoms with E-state index in [1.807, 2.05) is 73.1 Å². The van der Waals surface area contributed by atoms with Gasteiger partial charge in [0.15, 0.2) is 0 Å². The lowest BCUT2D eigenvalue weighted by Crippen LogP contribution is -2.36. The van der Waals surface area contributed by atoms with Gasteiger partial charge in [-0.25, -0.2) is 9.97 Å². The number of halogens is 1. The van der Waals surface area contributed by atoms with Crippen LogP contribution in [0.5, 0.6) is 0 Å². The molecule has 10 rings (SSSR count). The molecule has 0 aliphatic carbocycles. The summed E-state index contributed by atoms with van der Waals surface area (Å²) in [7, 11) is -1.47. The summed E-state index contributed by atoms with van der Waals surface area (Å²) in [5.74, 6) is 0.821. The van der Waals surface area contributed by atoms with Gasteiger partial charge in [0.1, 0.15) is 15.9 Å². The van der Waals surface area contributed by atoms with Gasteiger partial charge in [-0.1, -0.05) is 39.1 Å². The molecule has 367 valence electrons. The van der Waals surface area contributed by atoms with Crippen molar-refractivity contribution >= 4 is 117 Å². The summed E-state index contributed by atoms with van der Waals surface area (Å²) in [6.45, 7) is 9.70. The summed E-state index contributed by atoms with van der Waals surface area (Å²) < 4.78 is 11.6. The van der Waals surface area contributed by atoms with E-state index in [0.717, 1.165) is 108 Å². The molecule has 0 atom stereocenters. The number of aromatic nitrogens is 6. The maximum atomic E-state index is 11.3. The summed E-state index contributed by atoms with van der Waals surface area (Å²) >= 11 is 3.47. The second-order valence-electron chi connectivity index (χ2n) is 15.7. The molecule has 6 heterocycles. The number of hydrogen-bond acceptors (Lipinski definition) is 14. The molecule has 8 N–H and O–H groups in total. The number of benzene rings is 4. The van der Waals surface area contributed by atoms with Gasteiger partial charge in [-0.2, -0.15) is 9.97 Å². The first-order valence-corrected chi connectivity index (χ1v) is 22.7. The fourth-order valence-electron chi connectivity index (χ4n) is 7.45. The fraction of sp³-hybridized carbons (Fsp3) is 0.240. The fourth-order valence-corrected chi connectivity index (χ4v) is 7.93. The SMILES string of the molecule is Brc1nc(Nc2ccc(N3CCOCC3)cc2)nc2[nH]ccc12.C.C.CC(=O)Nc1ccc(-c2nc(Nc3ccc(N4CCOCC4)cc3)nc3[nH]ccc23)cc1.CC(=O)Nc1ccc(B(O)O)cc1.[B]. The Kier molecular flexibility index (Phi) is 20.1. The molecule has 0 spiro atoms. The van der Waals surface area contributed by atoms with Gasteiger partial charge < -0.3 is 60.6 Å². The van der Waals surface area contributed by atoms with Gasteiger partial charge in [0, 0.05) is 106 Å².